The summed E-state index contributed by atoms with van der Waals surface area (Å²) in [5.74, 6) is -0.641. The highest BCUT2D eigenvalue weighted by Crippen LogP contribution is 2.17. The van der Waals surface area contributed by atoms with Gasteiger partial charge in [-0.1, -0.05) is 22.9 Å². The summed E-state index contributed by atoms with van der Waals surface area (Å²) in [7, 11) is 1.26. The number of ether oxygens (including phenoxy) is 1. The van der Waals surface area contributed by atoms with E-state index in [2.05, 4.69) is 9.89 Å². The predicted molar refractivity (Wildman–Crippen MR) is 61.0 cm³/mol. The van der Waals surface area contributed by atoms with Crippen LogP contribution in [0.2, 0.25) is 0 Å². The fourth-order valence-electron chi connectivity index (χ4n) is 1.84. The minimum Gasteiger partial charge on any atom is -0.464 e. The summed E-state index contributed by atoms with van der Waals surface area (Å²) >= 11 is 0. The number of carbonyl (C=O) groups is 1. The Morgan fingerprint density at radius 3 is 2.12 bits per heavy atom. The van der Waals surface area contributed by atoms with Gasteiger partial charge in [0, 0.05) is 5.56 Å². The van der Waals surface area contributed by atoms with Crippen molar-refractivity contribution < 1.29 is 14.7 Å². The van der Waals surface area contributed by atoms with E-state index in [9.17, 15) is 4.79 Å². The van der Waals surface area contributed by atoms with Crippen LogP contribution in [0.25, 0.3) is 0 Å². The molecule has 1 rings (SSSR count). The van der Waals surface area contributed by atoms with Gasteiger partial charge in [-0.15, -0.1) is 0 Å². The van der Waals surface area contributed by atoms with Gasteiger partial charge in [0.2, 0.25) is 0 Å². The maximum atomic E-state index is 11.4. The average Bonchev–Trinajstić information content (AvgIpc) is 2.22. The highest BCUT2D eigenvalue weighted by atomic mass is 16.5. The van der Waals surface area contributed by atoms with E-state index < -0.39 is 5.97 Å². The Labute approximate surface area is 94.5 Å². The minimum absolute atomic E-state index is 0.0579. The molecule has 0 aliphatic rings. The largest absolute Gasteiger partial charge is 0.464 e. The molecule has 0 aliphatic heterocycles. The summed E-state index contributed by atoms with van der Waals surface area (Å²) in [4.78, 5) is 11.4. The van der Waals surface area contributed by atoms with E-state index in [4.69, 9.17) is 5.21 Å². The fourth-order valence-corrected chi connectivity index (χ4v) is 1.84. The first-order valence-electron chi connectivity index (χ1n) is 4.89. The molecule has 0 bridgehead atoms. The zero-order valence-electron chi connectivity index (χ0n) is 9.87. The summed E-state index contributed by atoms with van der Waals surface area (Å²) in [6.45, 7) is 5.70. The Bertz CT molecular complexity index is 427. The summed E-state index contributed by atoms with van der Waals surface area (Å²) < 4.78 is 4.57. The van der Waals surface area contributed by atoms with E-state index in [0.717, 1.165) is 16.7 Å². The Morgan fingerprint density at radius 2 is 1.75 bits per heavy atom. The summed E-state index contributed by atoms with van der Waals surface area (Å²) in [6.07, 6.45) is 0. The van der Waals surface area contributed by atoms with E-state index in [-0.39, 0.29) is 5.71 Å². The molecule has 0 unspecified atom stereocenters. The second-order valence-corrected chi connectivity index (χ2v) is 3.71. The third-order valence-corrected chi connectivity index (χ3v) is 2.39. The maximum absolute atomic E-state index is 11.4. The second-order valence-electron chi connectivity index (χ2n) is 3.71. The van der Waals surface area contributed by atoms with Crippen molar-refractivity contribution in [1.82, 2.24) is 0 Å². The van der Waals surface area contributed by atoms with Crippen molar-refractivity contribution in [2.75, 3.05) is 7.11 Å². The van der Waals surface area contributed by atoms with Crippen molar-refractivity contribution in [3.63, 3.8) is 0 Å². The van der Waals surface area contributed by atoms with Crippen molar-refractivity contribution in [2.45, 2.75) is 20.8 Å². The van der Waals surface area contributed by atoms with E-state index in [1.165, 1.54) is 7.11 Å². The molecule has 4 heteroatoms. The van der Waals surface area contributed by atoms with E-state index >= 15 is 0 Å². The van der Waals surface area contributed by atoms with E-state index in [0.29, 0.717) is 5.56 Å². The van der Waals surface area contributed by atoms with Crippen LogP contribution in [0.5, 0.6) is 0 Å². The number of carbonyl (C=O) groups excluding carboxylic acids is 1. The van der Waals surface area contributed by atoms with Gasteiger partial charge in [-0.25, -0.2) is 4.79 Å². The van der Waals surface area contributed by atoms with Crippen molar-refractivity contribution >= 4 is 11.7 Å². The van der Waals surface area contributed by atoms with Gasteiger partial charge >= 0.3 is 5.97 Å². The molecule has 0 saturated carbocycles. The zero-order valence-corrected chi connectivity index (χ0v) is 9.87. The lowest BCUT2D eigenvalue weighted by Gasteiger charge is -2.10. The molecule has 0 aromatic heterocycles. The number of hydrogen-bond donors (Lipinski definition) is 1. The number of hydrogen-bond acceptors (Lipinski definition) is 4. The molecule has 1 aromatic carbocycles. The van der Waals surface area contributed by atoms with Crippen LogP contribution in [0.4, 0.5) is 0 Å². The molecule has 0 aliphatic carbocycles. The first kappa shape index (κ1) is 12.2. The summed E-state index contributed by atoms with van der Waals surface area (Å²) in [5, 5.41) is 11.9. The third-order valence-electron chi connectivity index (χ3n) is 2.39. The number of benzene rings is 1. The molecule has 0 heterocycles. The highest BCUT2D eigenvalue weighted by Gasteiger charge is 2.19. The molecule has 0 fully saturated rings. The Hall–Kier alpha value is -1.84. The van der Waals surface area contributed by atoms with Gasteiger partial charge < -0.3 is 9.94 Å². The number of aryl methyl sites for hydroxylation is 3. The number of methoxy groups -OCH3 is 1. The van der Waals surface area contributed by atoms with Crippen molar-refractivity contribution in [3.05, 3.63) is 34.4 Å². The van der Waals surface area contributed by atoms with Gasteiger partial charge in [-0.3, -0.25) is 0 Å². The fraction of sp³-hybridized carbons (Fsp3) is 0.333. The molecular weight excluding hydrogens is 206 g/mol. The number of esters is 1. The number of nitrogens with zero attached hydrogens (tertiary/aromatic N) is 1. The lowest BCUT2D eigenvalue weighted by molar-refractivity contribution is -0.132. The highest BCUT2D eigenvalue weighted by molar-refractivity contribution is 6.43. The SMILES string of the molecule is COC(=O)C(=NO)c1c(C)cc(C)cc1C. The van der Waals surface area contributed by atoms with Crippen molar-refractivity contribution in [3.8, 4) is 0 Å². The first-order valence-corrected chi connectivity index (χ1v) is 4.89. The summed E-state index contributed by atoms with van der Waals surface area (Å²) in [5.41, 5.74) is 3.43. The zero-order chi connectivity index (χ0) is 12.3. The Kier molecular flexibility index (Phi) is 3.66. The molecular formula is C12H15NO3. The molecule has 0 spiro atoms. The number of rotatable bonds is 2. The molecule has 0 saturated heterocycles. The third kappa shape index (κ3) is 2.21. The van der Waals surface area contributed by atoms with Crippen molar-refractivity contribution in [1.29, 1.82) is 0 Å². The second kappa shape index (κ2) is 4.79. The van der Waals surface area contributed by atoms with Crippen LogP contribution in [0.1, 0.15) is 22.3 Å². The normalized spacial score (nSPS) is 11.4. The molecule has 1 N–H and O–H groups in total. The predicted octanol–water partition coefficient (Wildman–Crippen LogP) is 1.96. The molecule has 0 radical (unpaired) electrons. The average molecular weight is 221 g/mol. The van der Waals surface area contributed by atoms with Crippen LogP contribution in [-0.2, 0) is 9.53 Å². The lowest BCUT2D eigenvalue weighted by Crippen LogP contribution is -2.19. The topological polar surface area (TPSA) is 58.9 Å². The quantitative estimate of drug-likeness (QED) is 0.359. The van der Waals surface area contributed by atoms with Crippen LogP contribution in [0.3, 0.4) is 0 Å². The van der Waals surface area contributed by atoms with Crippen LogP contribution in [0, 0.1) is 20.8 Å². The van der Waals surface area contributed by atoms with Crippen LogP contribution >= 0.6 is 0 Å². The van der Waals surface area contributed by atoms with Gasteiger partial charge in [-0.05, 0) is 31.9 Å². The molecule has 16 heavy (non-hydrogen) atoms. The lowest BCUT2D eigenvalue weighted by atomic mass is 9.96. The molecule has 0 atom stereocenters. The van der Waals surface area contributed by atoms with Crippen molar-refractivity contribution in [2.24, 2.45) is 5.16 Å². The minimum atomic E-state index is -0.641. The monoisotopic (exact) mass is 221 g/mol. The first-order chi connectivity index (χ1) is 7.51. The van der Waals surface area contributed by atoms with Crippen LogP contribution in [0.15, 0.2) is 17.3 Å². The molecule has 86 valence electrons. The van der Waals surface area contributed by atoms with Gasteiger partial charge in [-0.2, -0.15) is 0 Å². The van der Waals surface area contributed by atoms with Gasteiger partial charge in [0.25, 0.3) is 0 Å². The van der Waals surface area contributed by atoms with Crippen LogP contribution in [-0.4, -0.2) is 24.0 Å². The van der Waals surface area contributed by atoms with Gasteiger partial charge in [0.05, 0.1) is 7.11 Å². The molecule has 1 aromatic rings. The van der Waals surface area contributed by atoms with Crippen LogP contribution < -0.4 is 0 Å². The van der Waals surface area contributed by atoms with E-state index in [1.54, 1.807) is 0 Å². The molecule has 4 nitrogen and oxygen atoms in total. The van der Waals surface area contributed by atoms with E-state index in [1.807, 2.05) is 32.9 Å². The maximum Gasteiger partial charge on any atom is 0.360 e. The standard InChI is InChI=1S/C12H15NO3/c1-7-5-8(2)10(9(3)6-7)11(13-15)12(14)16-4/h5-6,15H,1-4H3. The van der Waals surface area contributed by atoms with Gasteiger partial charge in [0.1, 0.15) is 0 Å². The Balaban J connectivity index is 3.37. The Morgan fingerprint density at radius 1 is 1.25 bits per heavy atom. The van der Waals surface area contributed by atoms with Gasteiger partial charge in [0.15, 0.2) is 5.71 Å². The molecule has 0 amide bonds. The number of oxime groups is 1. The summed E-state index contributed by atoms with van der Waals surface area (Å²) in [6, 6.07) is 3.85. The smallest absolute Gasteiger partial charge is 0.360 e.